The van der Waals surface area contributed by atoms with Gasteiger partial charge in [0.2, 0.25) is 0 Å². The van der Waals surface area contributed by atoms with E-state index in [1.807, 2.05) is 22.6 Å². The summed E-state index contributed by atoms with van der Waals surface area (Å²) in [5, 5.41) is 12.6. The number of hydrogen-bond donors (Lipinski definition) is 2. The largest absolute Gasteiger partial charge is 0.507 e. The van der Waals surface area contributed by atoms with E-state index in [4.69, 9.17) is 0 Å². The monoisotopic (exact) mass is 373 g/mol. The number of carbonyl (C=O) groups excluding carboxylic acids is 1. The molecule has 0 radical (unpaired) electrons. The Morgan fingerprint density at radius 2 is 2.05 bits per heavy atom. The van der Waals surface area contributed by atoms with E-state index in [1.54, 1.807) is 12.1 Å². The molecule has 0 spiro atoms. The average molecular weight is 373 g/mol. The fraction of sp³-hybridized carbons (Fsp3) is 0.533. The predicted octanol–water partition coefficient (Wildman–Crippen LogP) is 3.55. The van der Waals surface area contributed by atoms with Gasteiger partial charge in [-0.2, -0.15) is 0 Å². The minimum absolute atomic E-state index is 0.0923. The van der Waals surface area contributed by atoms with Gasteiger partial charge in [0.25, 0.3) is 5.91 Å². The van der Waals surface area contributed by atoms with Gasteiger partial charge in [-0.15, -0.1) is 0 Å². The molecule has 1 aromatic rings. The van der Waals surface area contributed by atoms with E-state index in [0.29, 0.717) is 11.5 Å². The maximum atomic E-state index is 12.0. The lowest BCUT2D eigenvalue weighted by atomic mass is 9.83. The average Bonchev–Trinajstić information content (AvgIpc) is 2.41. The van der Waals surface area contributed by atoms with Crippen LogP contribution in [-0.4, -0.2) is 17.6 Å². The van der Waals surface area contributed by atoms with Crippen LogP contribution in [0.2, 0.25) is 0 Å². The first kappa shape index (κ1) is 14.6. The molecule has 1 aromatic carbocycles. The molecule has 0 atom stereocenters. The lowest BCUT2D eigenvalue weighted by Gasteiger charge is -2.26. The van der Waals surface area contributed by atoms with Gasteiger partial charge >= 0.3 is 0 Å². The third-order valence-electron chi connectivity index (χ3n) is 3.90. The molecule has 104 valence electrons. The quantitative estimate of drug-likeness (QED) is 0.797. The number of benzene rings is 1. The summed E-state index contributed by atoms with van der Waals surface area (Å²) < 4.78 is 0.760. The van der Waals surface area contributed by atoms with Crippen molar-refractivity contribution in [1.29, 1.82) is 0 Å². The van der Waals surface area contributed by atoms with Crippen LogP contribution in [0.25, 0.3) is 0 Å². The van der Waals surface area contributed by atoms with Crippen LogP contribution in [0.1, 0.15) is 43.0 Å². The van der Waals surface area contributed by atoms with E-state index in [9.17, 15) is 9.90 Å². The third kappa shape index (κ3) is 4.09. The van der Waals surface area contributed by atoms with E-state index in [-0.39, 0.29) is 11.7 Å². The molecule has 0 unspecified atom stereocenters. The molecule has 19 heavy (non-hydrogen) atoms. The molecule has 0 heterocycles. The number of rotatable bonds is 3. The van der Waals surface area contributed by atoms with Crippen LogP contribution in [-0.2, 0) is 0 Å². The Morgan fingerprint density at radius 3 is 2.68 bits per heavy atom. The van der Waals surface area contributed by atoms with Crippen molar-refractivity contribution in [3.05, 3.63) is 27.3 Å². The lowest BCUT2D eigenvalue weighted by molar-refractivity contribution is 0.0941. The van der Waals surface area contributed by atoms with Crippen LogP contribution in [0.4, 0.5) is 0 Å². The number of carbonyl (C=O) groups is 1. The minimum Gasteiger partial charge on any atom is -0.507 e. The number of nitrogens with one attached hydrogen (secondary N) is 1. The number of phenolic OH excluding ortho intramolecular Hbond substituents is 1. The third-order valence-corrected chi connectivity index (χ3v) is 4.81. The summed E-state index contributed by atoms with van der Waals surface area (Å²) >= 11 is 2.04. The van der Waals surface area contributed by atoms with E-state index in [0.717, 1.165) is 16.0 Å². The number of halogens is 1. The molecule has 1 saturated carbocycles. The molecule has 0 bridgehead atoms. The van der Waals surface area contributed by atoms with Crippen molar-refractivity contribution in [2.24, 2.45) is 11.8 Å². The molecule has 1 aliphatic carbocycles. The fourth-order valence-corrected chi connectivity index (χ4v) is 2.86. The molecule has 1 amide bonds. The van der Waals surface area contributed by atoms with Gasteiger partial charge in [-0.1, -0.05) is 19.8 Å². The molecule has 1 fully saturated rings. The van der Waals surface area contributed by atoms with Crippen molar-refractivity contribution in [2.45, 2.75) is 32.6 Å². The Labute approximate surface area is 127 Å². The first-order valence-electron chi connectivity index (χ1n) is 6.83. The van der Waals surface area contributed by atoms with Crippen LogP contribution in [0.3, 0.4) is 0 Å². The molecule has 0 aliphatic heterocycles. The van der Waals surface area contributed by atoms with Crippen molar-refractivity contribution in [3.8, 4) is 5.75 Å². The molecule has 0 aromatic heterocycles. The Morgan fingerprint density at radius 1 is 1.37 bits per heavy atom. The van der Waals surface area contributed by atoms with Gasteiger partial charge in [0.05, 0.1) is 3.57 Å². The highest BCUT2D eigenvalue weighted by atomic mass is 127. The Bertz CT molecular complexity index is 453. The van der Waals surface area contributed by atoms with Crippen molar-refractivity contribution < 1.29 is 9.90 Å². The van der Waals surface area contributed by atoms with Crippen LogP contribution in [0, 0.1) is 15.4 Å². The van der Waals surface area contributed by atoms with Crippen LogP contribution in [0.15, 0.2) is 18.2 Å². The first-order valence-corrected chi connectivity index (χ1v) is 7.91. The van der Waals surface area contributed by atoms with Gasteiger partial charge in [-0.25, -0.2) is 0 Å². The van der Waals surface area contributed by atoms with Crippen LogP contribution < -0.4 is 5.32 Å². The van der Waals surface area contributed by atoms with E-state index >= 15 is 0 Å². The van der Waals surface area contributed by atoms with Gasteiger partial charge in [-0.05, 0) is 65.5 Å². The molecule has 1 aliphatic rings. The smallest absolute Gasteiger partial charge is 0.251 e. The number of phenols is 1. The van der Waals surface area contributed by atoms with Gasteiger partial charge in [0.1, 0.15) is 5.75 Å². The van der Waals surface area contributed by atoms with Crippen molar-refractivity contribution in [2.75, 3.05) is 6.54 Å². The molecular formula is C15H20INO2. The van der Waals surface area contributed by atoms with Crippen LogP contribution >= 0.6 is 22.6 Å². The topological polar surface area (TPSA) is 49.3 Å². The number of amides is 1. The molecular weight excluding hydrogens is 353 g/mol. The fourth-order valence-electron chi connectivity index (χ4n) is 2.53. The normalized spacial score (nSPS) is 23.1. The molecule has 2 rings (SSSR count). The number of aromatic hydroxyl groups is 1. The van der Waals surface area contributed by atoms with Crippen molar-refractivity contribution in [1.82, 2.24) is 5.32 Å². The molecule has 0 saturated heterocycles. The standard InChI is InChI=1S/C15H20INO2/c1-10-2-4-11(5-3-10)9-17-15(19)12-6-7-13(16)14(18)8-12/h6-8,10-11,18H,2-5,9H2,1H3,(H,17,19). The summed E-state index contributed by atoms with van der Waals surface area (Å²) in [5.74, 6) is 1.52. The molecule has 2 N–H and O–H groups in total. The minimum atomic E-state index is -0.0923. The van der Waals surface area contributed by atoms with Gasteiger partial charge in [0.15, 0.2) is 0 Å². The summed E-state index contributed by atoms with van der Waals surface area (Å²) in [4.78, 5) is 12.0. The maximum absolute atomic E-state index is 12.0. The van der Waals surface area contributed by atoms with E-state index in [2.05, 4.69) is 12.2 Å². The zero-order valence-electron chi connectivity index (χ0n) is 11.2. The summed E-state index contributed by atoms with van der Waals surface area (Å²) in [5.41, 5.74) is 0.530. The van der Waals surface area contributed by atoms with Crippen molar-refractivity contribution in [3.63, 3.8) is 0 Å². The highest BCUT2D eigenvalue weighted by molar-refractivity contribution is 14.1. The summed E-state index contributed by atoms with van der Waals surface area (Å²) in [6.07, 6.45) is 4.95. The zero-order valence-corrected chi connectivity index (χ0v) is 13.3. The first-order chi connectivity index (χ1) is 9.06. The highest BCUT2D eigenvalue weighted by Crippen LogP contribution is 2.27. The molecule has 4 heteroatoms. The van der Waals surface area contributed by atoms with Gasteiger partial charge in [0, 0.05) is 12.1 Å². The predicted molar refractivity (Wildman–Crippen MR) is 84.3 cm³/mol. The zero-order chi connectivity index (χ0) is 13.8. The maximum Gasteiger partial charge on any atom is 0.251 e. The SMILES string of the molecule is CC1CCC(CNC(=O)c2ccc(I)c(O)c2)CC1. The molecule has 3 nitrogen and oxygen atoms in total. The van der Waals surface area contributed by atoms with Crippen molar-refractivity contribution >= 4 is 28.5 Å². The lowest BCUT2D eigenvalue weighted by Crippen LogP contribution is -2.31. The van der Waals surface area contributed by atoms with Crippen LogP contribution in [0.5, 0.6) is 5.75 Å². The summed E-state index contributed by atoms with van der Waals surface area (Å²) in [7, 11) is 0. The second kappa shape index (κ2) is 6.59. The Balaban J connectivity index is 1.85. The Hall–Kier alpha value is -0.780. The number of hydrogen-bond acceptors (Lipinski definition) is 2. The van der Waals surface area contributed by atoms with Gasteiger partial charge in [-0.3, -0.25) is 4.79 Å². The second-order valence-corrected chi connectivity index (χ2v) is 6.66. The summed E-state index contributed by atoms with van der Waals surface area (Å²) in [6.45, 7) is 3.04. The van der Waals surface area contributed by atoms with Gasteiger partial charge < -0.3 is 10.4 Å². The van der Waals surface area contributed by atoms with E-state index in [1.165, 1.54) is 31.7 Å². The Kier molecular flexibility index (Phi) is 5.07. The highest BCUT2D eigenvalue weighted by Gasteiger charge is 2.19. The second-order valence-electron chi connectivity index (χ2n) is 5.50. The summed E-state index contributed by atoms with van der Waals surface area (Å²) in [6, 6.07) is 5.03. The van der Waals surface area contributed by atoms with E-state index < -0.39 is 0 Å².